The van der Waals surface area contributed by atoms with Crippen molar-refractivity contribution in [1.82, 2.24) is 10.2 Å². The van der Waals surface area contributed by atoms with Crippen molar-refractivity contribution < 1.29 is 24.2 Å². The minimum absolute atomic E-state index is 0.234. The number of benzene rings is 2. The van der Waals surface area contributed by atoms with Gasteiger partial charge in [0.1, 0.15) is 5.54 Å². The highest BCUT2D eigenvalue weighted by Crippen LogP contribution is 2.28. The fourth-order valence-corrected chi connectivity index (χ4v) is 4.20. The van der Waals surface area contributed by atoms with Gasteiger partial charge in [0.25, 0.3) is 0 Å². The van der Waals surface area contributed by atoms with Crippen molar-refractivity contribution in [2.75, 3.05) is 26.7 Å². The Hall–Kier alpha value is -3.19. The van der Waals surface area contributed by atoms with Crippen LogP contribution in [-0.4, -0.2) is 60.1 Å². The lowest BCUT2D eigenvalue weighted by Crippen LogP contribution is -2.61. The van der Waals surface area contributed by atoms with Gasteiger partial charge in [-0.1, -0.05) is 60.7 Å². The zero-order chi connectivity index (χ0) is 23.1. The monoisotopic (exact) mass is 438 g/mol. The lowest BCUT2D eigenvalue weighted by atomic mass is 9.85. The minimum atomic E-state index is -1.11. The zero-order valence-electron chi connectivity index (χ0n) is 18.5. The summed E-state index contributed by atoms with van der Waals surface area (Å²) in [7, 11) is 1.32. The summed E-state index contributed by atoms with van der Waals surface area (Å²) in [4.78, 5) is 39.5. The third-order valence-corrected chi connectivity index (χ3v) is 6.28. The smallest absolute Gasteiger partial charge is 0.331 e. The molecular weight excluding hydrogens is 408 g/mol. The van der Waals surface area contributed by atoms with E-state index in [0.717, 1.165) is 11.1 Å². The van der Waals surface area contributed by atoms with Crippen LogP contribution in [-0.2, 0) is 19.1 Å². The van der Waals surface area contributed by atoms with Gasteiger partial charge in [-0.2, -0.15) is 0 Å². The van der Waals surface area contributed by atoms with E-state index < -0.39 is 29.3 Å². The summed E-state index contributed by atoms with van der Waals surface area (Å²) in [6.45, 7) is 3.10. The van der Waals surface area contributed by atoms with Crippen LogP contribution in [0.5, 0.6) is 0 Å². The Morgan fingerprint density at radius 3 is 2.03 bits per heavy atom. The molecule has 170 valence electrons. The number of carboxylic acids is 1. The maximum atomic E-state index is 13.0. The van der Waals surface area contributed by atoms with Crippen LogP contribution in [0.2, 0.25) is 0 Å². The van der Waals surface area contributed by atoms with Gasteiger partial charge in [0.2, 0.25) is 5.91 Å². The molecule has 2 atom stereocenters. The van der Waals surface area contributed by atoms with Crippen LogP contribution in [0, 0.1) is 0 Å². The second-order valence-electron chi connectivity index (χ2n) is 8.30. The van der Waals surface area contributed by atoms with E-state index in [0.29, 0.717) is 32.5 Å². The quantitative estimate of drug-likeness (QED) is 0.616. The minimum Gasteiger partial charge on any atom is -0.481 e. The molecule has 0 saturated carbocycles. The van der Waals surface area contributed by atoms with Crippen LogP contribution in [0.25, 0.3) is 0 Å². The lowest BCUT2D eigenvalue weighted by molar-refractivity contribution is -0.154. The lowest BCUT2D eigenvalue weighted by Gasteiger charge is -2.41. The Morgan fingerprint density at radius 2 is 1.53 bits per heavy atom. The molecule has 32 heavy (non-hydrogen) atoms. The first kappa shape index (κ1) is 23.5. The summed E-state index contributed by atoms with van der Waals surface area (Å²) >= 11 is 0. The van der Waals surface area contributed by atoms with Gasteiger partial charge >= 0.3 is 11.9 Å². The van der Waals surface area contributed by atoms with Crippen molar-refractivity contribution in [3.05, 3.63) is 71.8 Å². The molecule has 0 spiro atoms. The first-order valence-corrected chi connectivity index (χ1v) is 10.8. The van der Waals surface area contributed by atoms with Crippen LogP contribution in [0.15, 0.2) is 60.7 Å². The Morgan fingerprint density at radius 1 is 1.00 bits per heavy atom. The van der Waals surface area contributed by atoms with Crippen molar-refractivity contribution >= 4 is 17.8 Å². The van der Waals surface area contributed by atoms with E-state index in [1.54, 1.807) is 0 Å². The van der Waals surface area contributed by atoms with Gasteiger partial charge in [-0.3, -0.25) is 9.59 Å². The highest BCUT2D eigenvalue weighted by molar-refractivity contribution is 5.91. The molecule has 0 aromatic heterocycles. The Labute approximate surface area is 188 Å². The SMILES string of the molecule is COC(=O)C1(NC(=O)C(C)c2ccccc2)CCN(CC(C(=O)O)c2ccccc2)CC1. The number of amides is 1. The maximum Gasteiger partial charge on any atom is 0.331 e. The van der Waals surface area contributed by atoms with E-state index in [4.69, 9.17) is 4.74 Å². The number of carboxylic acid groups (broad SMARTS) is 1. The van der Waals surface area contributed by atoms with Crippen molar-refractivity contribution in [2.24, 2.45) is 0 Å². The number of carbonyl (C=O) groups excluding carboxylic acids is 2. The molecule has 1 fully saturated rings. The summed E-state index contributed by atoms with van der Waals surface area (Å²) in [6.07, 6.45) is 0.710. The van der Waals surface area contributed by atoms with Crippen molar-refractivity contribution in [1.29, 1.82) is 0 Å². The van der Waals surface area contributed by atoms with Gasteiger partial charge in [0, 0.05) is 19.6 Å². The molecule has 0 radical (unpaired) electrons. The highest BCUT2D eigenvalue weighted by atomic mass is 16.5. The number of esters is 1. The number of hydrogen-bond acceptors (Lipinski definition) is 5. The number of carbonyl (C=O) groups is 3. The van der Waals surface area contributed by atoms with Crippen LogP contribution in [0.1, 0.15) is 42.7 Å². The van der Waals surface area contributed by atoms with Gasteiger partial charge in [-0.15, -0.1) is 0 Å². The predicted molar refractivity (Wildman–Crippen MR) is 120 cm³/mol. The Balaban J connectivity index is 1.69. The number of nitrogens with zero attached hydrogens (tertiary/aromatic N) is 1. The molecule has 1 amide bonds. The number of ether oxygens (including phenoxy) is 1. The summed E-state index contributed by atoms with van der Waals surface area (Å²) < 4.78 is 5.04. The first-order chi connectivity index (χ1) is 15.4. The number of aliphatic carboxylic acids is 1. The topological polar surface area (TPSA) is 95.9 Å². The summed E-state index contributed by atoms with van der Waals surface area (Å²) in [5.41, 5.74) is 0.501. The van der Waals surface area contributed by atoms with Crippen molar-refractivity contribution in [3.63, 3.8) is 0 Å². The summed E-state index contributed by atoms with van der Waals surface area (Å²) in [5, 5.41) is 12.7. The third-order valence-electron chi connectivity index (χ3n) is 6.28. The van der Waals surface area contributed by atoms with E-state index in [-0.39, 0.29) is 5.91 Å². The third kappa shape index (κ3) is 5.34. The van der Waals surface area contributed by atoms with Gasteiger partial charge in [-0.05, 0) is 30.9 Å². The van der Waals surface area contributed by atoms with Crippen LogP contribution >= 0.6 is 0 Å². The highest BCUT2D eigenvalue weighted by Gasteiger charge is 2.45. The molecule has 2 aromatic rings. The molecule has 7 heteroatoms. The number of nitrogens with one attached hydrogen (secondary N) is 1. The average Bonchev–Trinajstić information content (AvgIpc) is 2.83. The van der Waals surface area contributed by atoms with Crippen molar-refractivity contribution in [3.8, 4) is 0 Å². The number of rotatable bonds is 8. The molecule has 1 heterocycles. The van der Waals surface area contributed by atoms with E-state index in [1.807, 2.05) is 72.5 Å². The van der Waals surface area contributed by atoms with Gasteiger partial charge in [0.05, 0.1) is 18.9 Å². The van der Waals surface area contributed by atoms with Gasteiger partial charge in [-0.25, -0.2) is 4.79 Å². The average molecular weight is 439 g/mol. The molecule has 0 bridgehead atoms. The largest absolute Gasteiger partial charge is 0.481 e. The number of likely N-dealkylation sites (tertiary alicyclic amines) is 1. The Kier molecular flexibility index (Phi) is 7.64. The van der Waals surface area contributed by atoms with Crippen LogP contribution in [0.4, 0.5) is 0 Å². The summed E-state index contributed by atoms with van der Waals surface area (Å²) in [6, 6.07) is 18.5. The molecule has 3 rings (SSSR count). The number of hydrogen-bond donors (Lipinski definition) is 2. The van der Waals surface area contributed by atoms with E-state index in [9.17, 15) is 19.5 Å². The second-order valence-corrected chi connectivity index (χ2v) is 8.30. The standard InChI is InChI=1S/C25H30N2O5/c1-18(19-9-5-3-6-10-19)22(28)26-25(24(31)32-2)13-15-27(16-14-25)17-21(23(29)30)20-11-7-4-8-12-20/h3-12,18,21H,13-17H2,1-2H3,(H,26,28)(H,29,30). The van der Waals surface area contributed by atoms with Crippen LogP contribution < -0.4 is 5.32 Å². The Bertz CT molecular complexity index is 924. The molecule has 2 aromatic carbocycles. The molecular formula is C25H30N2O5. The molecule has 2 unspecified atom stereocenters. The summed E-state index contributed by atoms with van der Waals surface area (Å²) in [5.74, 6) is -2.66. The fraction of sp³-hybridized carbons (Fsp3) is 0.400. The second kappa shape index (κ2) is 10.4. The number of piperidine rings is 1. The molecule has 1 saturated heterocycles. The van der Waals surface area contributed by atoms with Gasteiger partial charge in [0.15, 0.2) is 0 Å². The first-order valence-electron chi connectivity index (χ1n) is 10.8. The number of methoxy groups -OCH3 is 1. The molecule has 1 aliphatic rings. The predicted octanol–water partition coefficient (Wildman–Crippen LogP) is 2.78. The zero-order valence-corrected chi connectivity index (χ0v) is 18.5. The molecule has 1 aliphatic heterocycles. The van der Waals surface area contributed by atoms with Gasteiger partial charge < -0.3 is 20.1 Å². The van der Waals surface area contributed by atoms with E-state index in [2.05, 4.69) is 5.32 Å². The van der Waals surface area contributed by atoms with E-state index >= 15 is 0 Å². The van der Waals surface area contributed by atoms with E-state index in [1.165, 1.54) is 7.11 Å². The molecule has 0 aliphatic carbocycles. The maximum absolute atomic E-state index is 13.0. The molecule has 7 nitrogen and oxygen atoms in total. The van der Waals surface area contributed by atoms with Crippen LogP contribution in [0.3, 0.4) is 0 Å². The normalized spacial score (nSPS) is 17.7. The molecule has 2 N–H and O–H groups in total. The fourth-order valence-electron chi connectivity index (χ4n) is 4.20. The van der Waals surface area contributed by atoms with Crippen molar-refractivity contribution in [2.45, 2.75) is 37.1 Å².